The lowest BCUT2D eigenvalue weighted by atomic mass is 10.0. The highest BCUT2D eigenvalue weighted by molar-refractivity contribution is 5.83. The third-order valence-electron chi connectivity index (χ3n) is 2.80. The summed E-state index contributed by atoms with van der Waals surface area (Å²) in [6, 6.07) is 6.97. The Morgan fingerprint density at radius 2 is 2.17 bits per heavy atom. The number of esters is 1. The van der Waals surface area contributed by atoms with Gasteiger partial charge in [0.05, 0.1) is 5.54 Å². The number of hydrogen-bond donors (Lipinski definition) is 1. The summed E-state index contributed by atoms with van der Waals surface area (Å²) in [7, 11) is 0. The van der Waals surface area contributed by atoms with Crippen LogP contribution in [0.25, 0.3) is 0 Å². The van der Waals surface area contributed by atoms with E-state index in [9.17, 15) is 9.90 Å². The molecule has 4 heteroatoms. The second-order valence-electron chi connectivity index (χ2n) is 4.45. The summed E-state index contributed by atoms with van der Waals surface area (Å²) >= 11 is 0. The molecule has 0 aliphatic rings. The summed E-state index contributed by atoms with van der Waals surface area (Å²) in [6.07, 6.45) is 2.35. The number of rotatable bonds is 5. The summed E-state index contributed by atoms with van der Waals surface area (Å²) in [5, 5.41) is 9.62. The quantitative estimate of drug-likeness (QED) is 0.644. The molecule has 0 bridgehead atoms. The molecule has 0 spiro atoms. The number of carbonyl (C=O) groups excluding carboxylic acids is 1. The number of nitrogens with zero attached hydrogens (tertiary/aromatic N) is 1. The summed E-state index contributed by atoms with van der Waals surface area (Å²) < 4.78 is 5.00. The Morgan fingerprint density at radius 3 is 2.72 bits per heavy atom. The number of phenols is 1. The largest absolute Gasteiger partial charge is 0.507 e. The van der Waals surface area contributed by atoms with Gasteiger partial charge in [-0.3, -0.25) is 9.79 Å². The number of aromatic hydroxyl groups is 1. The predicted octanol–water partition coefficient (Wildman–Crippen LogP) is 2.54. The van der Waals surface area contributed by atoms with E-state index >= 15 is 0 Å². The Bertz CT molecular complexity index is 442. The fourth-order valence-corrected chi connectivity index (χ4v) is 1.31. The second-order valence-corrected chi connectivity index (χ2v) is 4.45. The standard InChI is InChI=1S/C14H19NO3/c1-4-14(3,10-18-11(2)16)15-9-12-7-5-6-8-13(12)17/h5-9,17H,4,10H2,1-3H3. The maximum Gasteiger partial charge on any atom is 0.302 e. The molecule has 0 fully saturated rings. The molecule has 0 aromatic heterocycles. The van der Waals surface area contributed by atoms with Gasteiger partial charge in [-0.1, -0.05) is 19.1 Å². The highest BCUT2D eigenvalue weighted by Gasteiger charge is 2.21. The number of phenolic OH excluding ortho intramolecular Hbond substituents is 1. The number of hydrogen-bond acceptors (Lipinski definition) is 4. The van der Waals surface area contributed by atoms with Crippen LogP contribution in [-0.2, 0) is 9.53 Å². The Kier molecular flexibility index (Phi) is 4.89. The molecule has 0 saturated carbocycles. The van der Waals surface area contributed by atoms with Crippen LogP contribution in [0.5, 0.6) is 5.75 Å². The van der Waals surface area contributed by atoms with Gasteiger partial charge in [0.25, 0.3) is 0 Å². The number of ether oxygens (including phenoxy) is 1. The van der Waals surface area contributed by atoms with Gasteiger partial charge in [0.1, 0.15) is 12.4 Å². The third-order valence-corrected chi connectivity index (χ3v) is 2.80. The predicted molar refractivity (Wildman–Crippen MR) is 71.0 cm³/mol. The average Bonchev–Trinajstić information content (AvgIpc) is 2.35. The number of para-hydroxylation sites is 1. The van der Waals surface area contributed by atoms with Gasteiger partial charge in [-0.15, -0.1) is 0 Å². The van der Waals surface area contributed by atoms with E-state index in [4.69, 9.17) is 4.74 Å². The Balaban J connectivity index is 2.78. The first kappa shape index (κ1) is 14.2. The molecule has 1 rings (SSSR count). The van der Waals surface area contributed by atoms with Crippen molar-refractivity contribution in [2.75, 3.05) is 6.61 Å². The van der Waals surface area contributed by atoms with E-state index in [0.29, 0.717) is 5.56 Å². The molecule has 1 aromatic rings. The highest BCUT2D eigenvalue weighted by Crippen LogP contribution is 2.18. The van der Waals surface area contributed by atoms with E-state index in [0.717, 1.165) is 6.42 Å². The van der Waals surface area contributed by atoms with Crippen LogP contribution in [-0.4, -0.2) is 29.4 Å². The molecule has 1 N–H and O–H groups in total. The maximum atomic E-state index is 10.8. The van der Waals surface area contributed by atoms with Crippen LogP contribution in [0.2, 0.25) is 0 Å². The van der Waals surface area contributed by atoms with Gasteiger partial charge in [0.2, 0.25) is 0 Å². The van der Waals surface area contributed by atoms with Gasteiger partial charge in [0.15, 0.2) is 0 Å². The zero-order valence-corrected chi connectivity index (χ0v) is 11.0. The molecule has 0 saturated heterocycles. The SMILES string of the molecule is CCC(C)(COC(C)=O)N=Cc1ccccc1O. The molecular weight excluding hydrogens is 230 g/mol. The molecule has 0 heterocycles. The van der Waals surface area contributed by atoms with Crippen LogP contribution in [0.3, 0.4) is 0 Å². The van der Waals surface area contributed by atoms with Crippen molar-refractivity contribution in [3.05, 3.63) is 29.8 Å². The molecular formula is C14H19NO3. The van der Waals surface area contributed by atoms with Crippen molar-refractivity contribution in [2.24, 2.45) is 4.99 Å². The second kappa shape index (κ2) is 6.19. The average molecular weight is 249 g/mol. The molecule has 0 amide bonds. The van der Waals surface area contributed by atoms with Crippen LogP contribution in [0.15, 0.2) is 29.3 Å². The first-order valence-electron chi connectivity index (χ1n) is 5.93. The first-order chi connectivity index (χ1) is 8.47. The van der Waals surface area contributed by atoms with Gasteiger partial charge in [-0.2, -0.15) is 0 Å². The molecule has 1 unspecified atom stereocenters. The van der Waals surface area contributed by atoms with E-state index < -0.39 is 5.54 Å². The van der Waals surface area contributed by atoms with E-state index in [-0.39, 0.29) is 18.3 Å². The zero-order chi connectivity index (χ0) is 13.6. The minimum absolute atomic E-state index is 0.187. The molecule has 4 nitrogen and oxygen atoms in total. The molecule has 0 aliphatic heterocycles. The number of aliphatic imine (C=N–C) groups is 1. The minimum atomic E-state index is -0.464. The molecule has 1 atom stereocenters. The fraction of sp³-hybridized carbons (Fsp3) is 0.429. The lowest BCUT2D eigenvalue weighted by molar-refractivity contribution is -0.142. The van der Waals surface area contributed by atoms with Crippen molar-refractivity contribution < 1.29 is 14.6 Å². The summed E-state index contributed by atoms with van der Waals surface area (Å²) in [6.45, 7) is 5.50. The summed E-state index contributed by atoms with van der Waals surface area (Å²) in [4.78, 5) is 15.2. The van der Waals surface area contributed by atoms with Crippen LogP contribution in [0, 0.1) is 0 Å². The van der Waals surface area contributed by atoms with Crippen molar-refractivity contribution in [3.8, 4) is 5.75 Å². The molecule has 98 valence electrons. The zero-order valence-electron chi connectivity index (χ0n) is 11.0. The lowest BCUT2D eigenvalue weighted by Crippen LogP contribution is -2.29. The van der Waals surface area contributed by atoms with Crippen molar-refractivity contribution in [1.29, 1.82) is 0 Å². The number of carbonyl (C=O) groups is 1. The van der Waals surface area contributed by atoms with E-state index in [2.05, 4.69) is 4.99 Å². The van der Waals surface area contributed by atoms with E-state index in [1.54, 1.807) is 24.4 Å². The van der Waals surface area contributed by atoms with Crippen molar-refractivity contribution >= 4 is 12.2 Å². The Hall–Kier alpha value is -1.84. The topological polar surface area (TPSA) is 58.9 Å². The van der Waals surface area contributed by atoms with Gasteiger partial charge in [-0.25, -0.2) is 0 Å². The molecule has 0 radical (unpaired) electrons. The van der Waals surface area contributed by atoms with Crippen molar-refractivity contribution in [3.63, 3.8) is 0 Å². The van der Waals surface area contributed by atoms with Crippen LogP contribution in [0.1, 0.15) is 32.8 Å². The molecule has 1 aromatic carbocycles. The maximum absolute atomic E-state index is 10.8. The lowest BCUT2D eigenvalue weighted by Gasteiger charge is -2.22. The summed E-state index contributed by atoms with van der Waals surface area (Å²) in [5.41, 5.74) is 0.188. The van der Waals surface area contributed by atoms with Gasteiger partial charge in [-0.05, 0) is 25.5 Å². The van der Waals surface area contributed by atoms with Gasteiger partial charge < -0.3 is 9.84 Å². The molecule has 18 heavy (non-hydrogen) atoms. The monoisotopic (exact) mass is 249 g/mol. The van der Waals surface area contributed by atoms with Crippen LogP contribution < -0.4 is 0 Å². The van der Waals surface area contributed by atoms with Gasteiger partial charge in [0, 0.05) is 18.7 Å². The minimum Gasteiger partial charge on any atom is -0.507 e. The smallest absolute Gasteiger partial charge is 0.302 e. The van der Waals surface area contributed by atoms with Gasteiger partial charge >= 0.3 is 5.97 Å². The summed E-state index contributed by atoms with van der Waals surface area (Å²) in [5.74, 6) is -0.125. The van der Waals surface area contributed by atoms with Crippen LogP contribution >= 0.6 is 0 Å². The fourth-order valence-electron chi connectivity index (χ4n) is 1.31. The van der Waals surface area contributed by atoms with E-state index in [1.165, 1.54) is 6.92 Å². The molecule has 0 aliphatic carbocycles. The highest BCUT2D eigenvalue weighted by atomic mass is 16.5. The van der Waals surface area contributed by atoms with E-state index in [1.807, 2.05) is 19.9 Å². The van der Waals surface area contributed by atoms with Crippen molar-refractivity contribution in [1.82, 2.24) is 0 Å². The Morgan fingerprint density at radius 1 is 1.50 bits per heavy atom. The third kappa shape index (κ3) is 4.20. The van der Waals surface area contributed by atoms with Crippen molar-refractivity contribution in [2.45, 2.75) is 32.7 Å². The van der Waals surface area contributed by atoms with Crippen LogP contribution in [0.4, 0.5) is 0 Å². The normalized spacial score (nSPS) is 14.4. The number of benzene rings is 1. The first-order valence-corrected chi connectivity index (χ1v) is 5.93. The Labute approximate surface area is 107 Å².